The van der Waals surface area contributed by atoms with E-state index >= 15 is 0 Å². The molecule has 0 aliphatic heterocycles. The van der Waals surface area contributed by atoms with E-state index in [0.717, 1.165) is 39.8 Å². The van der Waals surface area contributed by atoms with Gasteiger partial charge in [0.25, 0.3) is 0 Å². The molecular formula is C45H75ClP2+2. The lowest BCUT2D eigenvalue weighted by Gasteiger charge is -2.65. The summed E-state index contributed by atoms with van der Waals surface area (Å²) < 4.78 is 0. The van der Waals surface area contributed by atoms with Crippen LogP contribution in [0.5, 0.6) is 0 Å². The fourth-order valence-corrected chi connectivity index (χ4v) is 37.6. The third-order valence-electron chi connectivity index (χ3n) is 16.1. The van der Waals surface area contributed by atoms with Gasteiger partial charge in [0.15, 0.2) is 4.90 Å². The maximum Gasteiger partial charge on any atom is 0.196 e. The molecule has 6 saturated carbocycles. The fraction of sp³-hybridized carbons (Fsp3) is 0.867. The standard InChI is InChI=1S/C45H75ClP2/c46-37-45(36-38-22-8-1-9-23-38,47(39-24-10-2-11-25-39,40-26-12-3-13-27-40)41-28-14-4-15-29-41)48(42-30-16-5-17-31-42,43-32-18-6-19-33-43)44-34-20-7-21-35-44/h1,8-9,22-23,39-44H,2-7,10-21,24-37H2/q+2. The Morgan fingerprint density at radius 3 is 0.875 bits per heavy atom. The van der Waals surface area contributed by atoms with Crippen molar-refractivity contribution in [1.29, 1.82) is 0 Å². The van der Waals surface area contributed by atoms with Crippen LogP contribution in [0.3, 0.4) is 0 Å². The first-order chi connectivity index (χ1) is 23.8. The molecule has 0 radical (unpaired) electrons. The SMILES string of the molecule is ClCC(Cc1ccccc1)([P+](C1CCCCC1)(C1CCCCC1)C1CCCCC1)[P+](C1CCCCC1)(C1CCCCC1)C1CCCCC1. The summed E-state index contributed by atoms with van der Waals surface area (Å²) in [5, 5.41) is 0. The van der Waals surface area contributed by atoms with Crippen LogP contribution < -0.4 is 0 Å². The molecule has 0 N–H and O–H groups in total. The monoisotopic (exact) mass is 713 g/mol. The normalized spacial score (nSPS) is 26.5. The van der Waals surface area contributed by atoms with Gasteiger partial charge < -0.3 is 0 Å². The van der Waals surface area contributed by atoms with Crippen molar-refractivity contribution in [3.63, 3.8) is 0 Å². The Hall–Kier alpha value is 0.370. The van der Waals surface area contributed by atoms with Crippen molar-refractivity contribution in [2.45, 2.75) is 238 Å². The quantitative estimate of drug-likeness (QED) is 0.158. The first-order valence-corrected chi connectivity index (χ1v) is 26.7. The van der Waals surface area contributed by atoms with Gasteiger partial charge >= 0.3 is 0 Å². The molecule has 6 fully saturated rings. The van der Waals surface area contributed by atoms with Gasteiger partial charge in [0.05, 0.1) is 54.4 Å². The summed E-state index contributed by atoms with van der Waals surface area (Å²) in [5.74, 6) is 1.04. The summed E-state index contributed by atoms with van der Waals surface area (Å²) in [4.78, 5) is 0.404. The van der Waals surface area contributed by atoms with Gasteiger partial charge in [0.2, 0.25) is 0 Å². The molecule has 0 saturated heterocycles. The molecule has 0 heterocycles. The van der Waals surface area contributed by atoms with Crippen LogP contribution in [0.4, 0.5) is 0 Å². The molecule has 3 heteroatoms. The molecular weight excluding hydrogens is 638 g/mol. The van der Waals surface area contributed by atoms with E-state index in [-0.39, 0.29) is 0 Å². The van der Waals surface area contributed by atoms with Crippen molar-refractivity contribution in [3.05, 3.63) is 35.9 Å². The molecule has 0 atom stereocenters. The zero-order valence-corrected chi connectivity index (χ0v) is 33.8. The molecule has 6 aliphatic carbocycles. The molecule has 0 unspecified atom stereocenters. The Kier molecular flexibility index (Phi) is 13.4. The maximum absolute atomic E-state index is 8.41. The van der Waals surface area contributed by atoms with Crippen molar-refractivity contribution < 1.29 is 0 Å². The lowest BCUT2D eigenvalue weighted by molar-refractivity contribution is 0.426. The van der Waals surface area contributed by atoms with Crippen LogP contribution in [0, 0.1) is 0 Å². The second-order valence-corrected chi connectivity index (χ2v) is 28.3. The molecule has 0 nitrogen and oxygen atoms in total. The van der Waals surface area contributed by atoms with E-state index in [2.05, 4.69) is 30.3 Å². The van der Waals surface area contributed by atoms with E-state index in [4.69, 9.17) is 11.6 Å². The summed E-state index contributed by atoms with van der Waals surface area (Å²) in [6.45, 7) is 0. The third-order valence-corrected chi connectivity index (χ3v) is 32.8. The number of halogens is 1. The number of hydrogen-bond donors (Lipinski definition) is 0. The minimum atomic E-state index is -1.53. The van der Waals surface area contributed by atoms with Crippen molar-refractivity contribution in [3.8, 4) is 0 Å². The Morgan fingerprint density at radius 1 is 0.396 bits per heavy atom. The lowest BCUT2D eigenvalue weighted by Crippen LogP contribution is -2.58. The summed E-state index contributed by atoms with van der Waals surface area (Å²) in [5.41, 5.74) is 7.84. The number of alkyl halides is 1. The van der Waals surface area contributed by atoms with Gasteiger partial charge in [-0.1, -0.05) is 68.9 Å². The van der Waals surface area contributed by atoms with Gasteiger partial charge in [-0.05, 0) is 160 Å². The van der Waals surface area contributed by atoms with Gasteiger partial charge in [-0.25, -0.2) is 0 Å². The van der Waals surface area contributed by atoms with Crippen molar-refractivity contribution in [1.82, 2.24) is 0 Å². The molecule has 0 aromatic heterocycles. The van der Waals surface area contributed by atoms with Crippen LogP contribution in [0.15, 0.2) is 30.3 Å². The summed E-state index contributed by atoms with van der Waals surface area (Å²) in [6, 6.07) is 12.4. The highest BCUT2D eigenvalue weighted by atomic mass is 35.5. The molecule has 48 heavy (non-hydrogen) atoms. The number of rotatable bonds is 11. The molecule has 6 aliphatic rings. The van der Waals surface area contributed by atoms with Crippen molar-refractivity contribution in [2.24, 2.45) is 0 Å². The van der Waals surface area contributed by atoms with Gasteiger partial charge in [-0.2, -0.15) is 0 Å². The fourth-order valence-electron chi connectivity index (χ4n) is 14.6. The second-order valence-electron chi connectivity index (χ2n) is 18.2. The van der Waals surface area contributed by atoms with Crippen molar-refractivity contribution in [2.75, 3.05) is 5.88 Å². The van der Waals surface area contributed by atoms with Crippen LogP contribution in [-0.4, -0.2) is 44.7 Å². The molecule has 270 valence electrons. The molecule has 0 amide bonds. The van der Waals surface area contributed by atoms with Gasteiger partial charge in [-0.3, -0.25) is 0 Å². The van der Waals surface area contributed by atoms with E-state index in [1.165, 1.54) is 122 Å². The largest absolute Gasteiger partial charge is 0.196 e. The minimum absolute atomic E-state index is 0.404. The Bertz CT molecular complexity index is 912. The highest BCUT2D eigenvalue weighted by molar-refractivity contribution is 7.96. The summed E-state index contributed by atoms with van der Waals surface area (Å²) >= 11 is 8.41. The first kappa shape index (κ1) is 36.7. The van der Waals surface area contributed by atoms with E-state index in [0.29, 0.717) is 4.90 Å². The van der Waals surface area contributed by atoms with Gasteiger partial charge in [-0.15, -0.1) is 11.6 Å². The second kappa shape index (κ2) is 17.5. The molecule has 0 bridgehead atoms. The predicted molar refractivity (Wildman–Crippen MR) is 219 cm³/mol. The topological polar surface area (TPSA) is 0 Å². The van der Waals surface area contributed by atoms with Crippen LogP contribution in [0.2, 0.25) is 0 Å². The molecule has 1 aromatic rings. The van der Waals surface area contributed by atoms with E-state index in [9.17, 15) is 0 Å². The van der Waals surface area contributed by atoms with E-state index < -0.39 is 14.5 Å². The van der Waals surface area contributed by atoms with Crippen LogP contribution in [0.1, 0.15) is 198 Å². The van der Waals surface area contributed by atoms with Crippen LogP contribution in [0.25, 0.3) is 0 Å². The van der Waals surface area contributed by atoms with Gasteiger partial charge in [0.1, 0.15) is 0 Å². The molecule has 0 spiro atoms. The van der Waals surface area contributed by atoms with E-state index in [1.807, 2.05) is 0 Å². The maximum atomic E-state index is 8.41. The van der Waals surface area contributed by atoms with Crippen LogP contribution in [-0.2, 0) is 6.42 Å². The third kappa shape index (κ3) is 6.81. The smallest absolute Gasteiger partial charge is 0.118 e. The average molecular weight is 713 g/mol. The molecule has 1 aromatic carbocycles. The predicted octanol–water partition coefficient (Wildman–Crippen LogP) is 15.2. The van der Waals surface area contributed by atoms with Gasteiger partial charge in [0, 0.05) is 6.42 Å². The van der Waals surface area contributed by atoms with Crippen LogP contribution >= 0.6 is 26.1 Å². The zero-order chi connectivity index (χ0) is 32.7. The highest BCUT2D eigenvalue weighted by Gasteiger charge is 2.82. The van der Waals surface area contributed by atoms with Crippen molar-refractivity contribution >= 4 is 26.1 Å². The average Bonchev–Trinajstić information content (AvgIpc) is 3.18. The Balaban J connectivity index is 1.58. The Morgan fingerprint density at radius 2 is 0.646 bits per heavy atom. The number of benzene rings is 1. The Labute approximate surface area is 304 Å². The minimum Gasteiger partial charge on any atom is -0.118 e. The number of hydrogen-bond acceptors (Lipinski definition) is 0. The van der Waals surface area contributed by atoms with E-state index in [1.54, 1.807) is 82.6 Å². The zero-order valence-electron chi connectivity index (χ0n) is 31.3. The summed E-state index contributed by atoms with van der Waals surface area (Å²) in [7, 11) is -3.07. The summed E-state index contributed by atoms with van der Waals surface area (Å²) in [6.07, 6.45) is 47.7. The lowest BCUT2D eigenvalue weighted by atomic mass is 9.98. The first-order valence-electron chi connectivity index (χ1n) is 22.1. The highest BCUT2D eigenvalue weighted by Crippen LogP contribution is 2.99. The molecule has 7 rings (SSSR count).